The fourth-order valence-corrected chi connectivity index (χ4v) is 2.64. The van der Waals surface area contributed by atoms with E-state index in [0.717, 1.165) is 17.4 Å². The van der Waals surface area contributed by atoms with E-state index >= 15 is 0 Å². The second kappa shape index (κ2) is 5.60. The first-order valence-corrected chi connectivity index (χ1v) is 7.54. The summed E-state index contributed by atoms with van der Waals surface area (Å²) < 4.78 is 5.84. The van der Waals surface area contributed by atoms with Crippen LogP contribution in [0.1, 0.15) is 57.5 Å². The van der Waals surface area contributed by atoms with Crippen LogP contribution in [0.2, 0.25) is 0 Å². The number of hydrogen-bond acceptors (Lipinski definition) is 3. The lowest BCUT2D eigenvalue weighted by atomic mass is 9.92. The summed E-state index contributed by atoms with van der Waals surface area (Å²) in [7, 11) is 1.79. The molecule has 20 heavy (non-hydrogen) atoms. The lowest BCUT2D eigenvalue weighted by molar-refractivity contribution is -0.136. The van der Waals surface area contributed by atoms with Crippen LogP contribution in [-0.4, -0.2) is 23.4 Å². The molecular formula is C16H26N2O2. The number of nitrogens with two attached hydrogens (primary N) is 1. The van der Waals surface area contributed by atoms with E-state index < -0.39 is 5.54 Å². The van der Waals surface area contributed by atoms with Gasteiger partial charge in [-0.15, -0.1) is 0 Å². The van der Waals surface area contributed by atoms with E-state index in [2.05, 4.69) is 6.92 Å². The molecule has 4 nitrogen and oxygen atoms in total. The molecule has 0 bridgehead atoms. The Hall–Kier alpha value is -1.29. The summed E-state index contributed by atoms with van der Waals surface area (Å²) in [5.41, 5.74) is 5.40. The number of hydrogen-bond donors (Lipinski definition) is 1. The summed E-state index contributed by atoms with van der Waals surface area (Å²) >= 11 is 0. The Labute approximate surface area is 121 Å². The highest BCUT2D eigenvalue weighted by Crippen LogP contribution is 2.47. The number of rotatable bonds is 6. The van der Waals surface area contributed by atoms with Gasteiger partial charge in [-0.3, -0.25) is 4.79 Å². The number of carbonyl (C=O) groups is 1. The fraction of sp³-hybridized carbons (Fsp3) is 0.688. The van der Waals surface area contributed by atoms with Gasteiger partial charge in [0.2, 0.25) is 5.91 Å². The Bertz CT molecular complexity index is 477. The predicted octanol–water partition coefficient (Wildman–Crippen LogP) is 2.88. The van der Waals surface area contributed by atoms with Gasteiger partial charge in [0.15, 0.2) is 0 Å². The van der Waals surface area contributed by atoms with E-state index in [1.54, 1.807) is 11.9 Å². The molecule has 2 unspecified atom stereocenters. The molecule has 1 saturated carbocycles. The predicted molar refractivity (Wildman–Crippen MR) is 79.2 cm³/mol. The summed E-state index contributed by atoms with van der Waals surface area (Å²) in [4.78, 5) is 14.1. The number of likely N-dealkylation sites (N-methyl/N-ethyl adjacent to an activating group) is 1. The minimum atomic E-state index is -0.755. The van der Waals surface area contributed by atoms with Gasteiger partial charge in [-0.1, -0.05) is 20.8 Å². The van der Waals surface area contributed by atoms with Gasteiger partial charge in [-0.25, -0.2) is 0 Å². The van der Waals surface area contributed by atoms with Crippen molar-refractivity contribution >= 4 is 5.91 Å². The lowest BCUT2D eigenvalue weighted by Crippen LogP contribution is -2.53. The first kappa shape index (κ1) is 15.1. The lowest BCUT2D eigenvalue weighted by Gasteiger charge is -2.30. The largest absolute Gasteiger partial charge is 0.464 e. The van der Waals surface area contributed by atoms with E-state index in [1.807, 2.05) is 26.0 Å². The molecule has 1 fully saturated rings. The summed E-state index contributed by atoms with van der Waals surface area (Å²) in [5, 5.41) is 0. The third kappa shape index (κ3) is 2.90. The molecule has 4 heteroatoms. The molecule has 1 aromatic heterocycles. The Morgan fingerprint density at radius 1 is 1.45 bits per heavy atom. The summed E-state index contributed by atoms with van der Waals surface area (Å²) in [6.07, 6.45) is 2.50. The Morgan fingerprint density at radius 3 is 2.55 bits per heavy atom. The number of amides is 1. The molecule has 112 valence electrons. The van der Waals surface area contributed by atoms with Crippen molar-refractivity contribution < 1.29 is 9.21 Å². The van der Waals surface area contributed by atoms with Crippen molar-refractivity contribution in [2.24, 2.45) is 11.7 Å². The van der Waals surface area contributed by atoms with Gasteiger partial charge in [0.25, 0.3) is 0 Å². The van der Waals surface area contributed by atoms with Crippen LogP contribution in [0.15, 0.2) is 16.5 Å². The molecule has 0 aliphatic heterocycles. The van der Waals surface area contributed by atoms with Crippen LogP contribution >= 0.6 is 0 Å². The molecule has 1 heterocycles. The SMILES string of the molecule is CCC(N)(CC)C(=O)N(C)Cc1ccc(C2CC2C)o1. The summed E-state index contributed by atoms with van der Waals surface area (Å²) in [5.74, 6) is 3.18. The average molecular weight is 278 g/mol. The van der Waals surface area contributed by atoms with Crippen LogP contribution in [0.4, 0.5) is 0 Å². The van der Waals surface area contributed by atoms with Gasteiger partial charge in [0, 0.05) is 13.0 Å². The average Bonchev–Trinajstić information content (AvgIpc) is 3.00. The minimum Gasteiger partial charge on any atom is -0.464 e. The van der Waals surface area contributed by atoms with Crippen molar-refractivity contribution in [1.82, 2.24) is 4.90 Å². The Kier molecular flexibility index (Phi) is 4.23. The quantitative estimate of drug-likeness (QED) is 0.870. The highest BCUT2D eigenvalue weighted by atomic mass is 16.3. The molecule has 1 amide bonds. The summed E-state index contributed by atoms with van der Waals surface area (Å²) in [6.45, 7) is 6.62. The molecule has 0 aromatic carbocycles. The van der Waals surface area contributed by atoms with Crippen molar-refractivity contribution in [3.05, 3.63) is 23.7 Å². The van der Waals surface area contributed by atoms with Crippen molar-refractivity contribution in [1.29, 1.82) is 0 Å². The van der Waals surface area contributed by atoms with E-state index in [1.165, 1.54) is 6.42 Å². The van der Waals surface area contributed by atoms with Crippen molar-refractivity contribution in [2.75, 3.05) is 7.05 Å². The highest BCUT2D eigenvalue weighted by molar-refractivity contribution is 5.85. The summed E-state index contributed by atoms with van der Waals surface area (Å²) in [6, 6.07) is 4.01. The van der Waals surface area contributed by atoms with E-state index in [-0.39, 0.29) is 5.91 Å². The number of nitrogens with zero attached hydrogens (tertiary/aromatic N) is 1. The minimum absolute atomic E-state index is 0.0137. The van der Waals surface area contributed by atoms with Crippen molar-refractivity contribution in [3.8, 4) is 0 Å². The molecular weight excluding hydrogens is 252 g/mol. The van der Waals surface area contributed by atoms with Crippen LogP contribution < -0.4 is 5.73 Å². The third-order valence-corrected chi connectivity index (χ3v) is 4.58. The molecule has 2 rings (SSSR count). The Balaban J connectivity index is 1.98. The van der Waals surface area contributed by atoms with Crippen LogP contribution in [0.3, 0.4) is 0 Å². The molecule has 0 spiro atoms. The second-order valence-electron chi connectivity index (χ2n) is 6.15. The Morgan fingerprint density at radius 2 is 2.05 bits per heavy atom. The molecule has 2 N–H and O–H groups in total. The first-order valence-electron chi connectivity index (χ1n) is 7.54. The van der Waals surface area contributed by atoms with Crippen molar-refractivity contribution in [2.45, 2.75) is 58.0 Å². The first-order chi connectivity index (χ1) is 9.41. The maximum absolute atomic E-state index is 12.4. The maximum atomic E-state index is 12.4. The molecule has 1 aliphatic carbocycles. The molecule has 1 aliphatic rings. The monoisotopic (exact) mass is 278 g/mol. The van der Waals surface area contributed by atoms with Gasteiger partial charge < -0.3 is 15.1 Å². The van der Waals surface area contributed by atoms with Crippen molar-refractivity contribution in [3.63, 3.8) is 0 Å². The van der Waals surface area contributed by atoms with Gasteiger partial charge in [0.05, 0.1) is 12.1 Å². The molecule has 1 aromatic rings. The van der Waals surface area contributed by atoms with E-state index in [9.17, 15) is 4.79 Å². The normalized spacial score (nSPS) is 21.9. The smallest absolute Gasteiger partial charge is 0.242 e. The third-order valence-electron chi connectivity index (χ3n) is 4.58. The fourth-order valence-electron chi connectivity index (χ4n) is 2.64. The molecule has 0 saturated heterocycles. The van der Waals surface area contributed by atoms with E-state index in [4.69, 9.17) is 10.2 Å². The molecule has 0 radical (unpaired) electrons. The molecule has 2 atom stereocenters. The number of furan rings is 1. The van der Waals surface area contributed by atoms with Gasteiger partial charge >= 0.3 is 0 Å². The van der Waals surface area contributed by atoms with Gasteiger partial charge in [0.1, 0.15) is 11.5 Å². The zero-order chi connectivity index (χ0) is 14.9. The van der Waals surface area contributed by atoms with Gasteiger partial charge in [-0.2, -0.15) is 0 Å². The second-order valence-corrected chi connectivity index (χ2v) is 6.15. The highest BCUT2D eigenvalue weighted by Gasteiger charge is 2.37. The maximum Gasteiger partial charge on any atom is 0.242 e. The van der Waals surface area contributed by atoms with Crippen LogP contribution in [0, 0.1) is 5.92 Å². The standard InChI is InChI=1S/C16H26N2O2/c1-5-16(17,6-2)15(19)18(4)10-12-7-8-14(20-12)13-9-11(13)3/h7-8,11,13H,5-6,9-10,17H2,1-4H3. The topological polar surface area (TPSA) is 59.5 Å². The van der Waals surface area contributed by atoms with Crippen LogP contribution in [-0.2, 0) is 11.3 Å². The van der Waals surface area contributed by atoms with Crippen LogP contribution in [0.25, 0.3) is 0 Å². The van der Waals surface area contributed by atoms with Gasteiger partial charge in [-0.05, 0) is 37.3 Å². The number of carbonyl (C=O) groups excluding carboxylic acids is 1. The van der Waals surface area contributed by atoms with Crippen LogP contribution in [0.5, 0.6) is 0 Å². The van der Waals surface area contributed by atoms with E-state index in [0.29, 0.717) is 25.3 Å². The zero-order valence-electron chi connectivity index (χ0n) is 13.0. The zero-order valence-corrected chi connectivity index (χ0v) is 13.0.